The fraction of sp³-hybridized carbons (Fsp3) is 0.625. The summed E-state index contributed by atoms with van der Waals surface area (Å²) in [4.78, 5) is 6.32. The van der Waals surface area contributed by atoms with Gasteiger partial charge < -0.3 is 0 Å². The van der Waals surface area contributed by atoms with Crippen molar-refractivity contribution in [2.75, 3.05) is 6.61 Å². The summed E-state index contributed by atoms with van der Waals surface area (Å²) in [5.41, 5.74) is 3.13. The lowest BCUT2D eigenvalue weighted by atomic mass is 9.71. The second kappa shape index (κ2) is 11.0. The average molecular weight is 462 g/mol. The molecule has 0 spiro atoms. The van der Waals surface area contributed by atoms with Crippen molar-refractivity contribution in [3.8, 4) is 0 Å². The Hall–Kier alpha value is -1.64. The molecule has 34 heavy (non-hydrogen) atoms. The number of benzene rings is 1. The molecule has 186 valence electrons. The third-order valence-electron chi connectivity index (χ3n) is 8.51. The first-order valence-electron chi connectivity index (χ1n) is 13.8. The van der Waals surface area contributed by atoms with Crippen LogP contribution in [0.2, 0.25) is 0 Å². The molecule has 3 aliphatic rings. The Bertz CT molecular complexity index is 833. The molecule has 1 aliphatic heterocycles. The van der Waals surface area contributed by atoms with Gasteiger partial charge >= 0.3 is 0 Å². The van der Waals surface area contributed by atoms with Crippen LogP contribution in [0.4, 0.5) is 0 Å². The van der Waals surface area contributed by atoms with Crippen molar-refractivity contribution in [2.24, 2.45) is 11.8 Å². The zero-order chi connectivity index (χ0) is 24.2. The van der Waals surface area contributed by atoms with Crippen LogP contribution in [0.15, 0.2) is 60.7 Å². The van der Waals surface area contributed by atoms with E-state index in [9.17, 15) is 0 Å². The lowest BCUT2D eigenvalue weighted by Crippen LogP contribution is -2.59. The predicted octanol–water partition coefficient (Wildman–Crippen LogP) is 8.73. The van der Waals surface area contributed by atoms with Gasteiger partial charge in [0.2, 0.25) is 0 Å². The first kappa shape index (κ1) is 25.5. The molecule has 2 fully saturated rings. The molecule has 0 amide bonds. The third kappa shape index (κ3) is 5.94. The molecule has 1 saturated heterocycles. The Labute approximate surface area is 209 Å². The van der Waals surface area contributed by atoms with Gasteiger partial charge in [-0.25, -0.2) is 0 Å². The van der Waals surface area contributed by atoms with Crippen LogP contribution in [-0.2, 0) is 4.84 Å². The second-order valence-electron chi connectivity index (χ2n) is 12.2. The van der Waals surface area contributed by atoms with Crippen molar-refractivity contribution in [3.63, 3.8) is 0 Å². The quantitative estimate of drug-likeness (QED) is 0.376. The highest BCUT2D eigenvalue weighted by molar-refractivity contribution is 5.30. The zero-order valence-corrected chi connectivity index (χ0v) is 22.3. The number of nitrogens with zero attached hydrogens (tertiary/aromatic N) is 1. The molecule has 0 radical (unpaired) electrons. The number of hydrogen-bond acceptors (Lipinski definition) is 2. The number of unbranched alkanes of at least 4 members (excludes halogenated alkanes) is 1. The molecule has 0 bridgehead atoms. The highest BCUT2D eigenvalue weighted by atomic mass is 16.7. The standard InChI is InChI=1S/C32H47NO/c1-6-7-22-34-33-31(2,3)23-30(24-32(33,4)5)29-20-18-28(19-21-29)27-16-14-26(15-17-27)25-12-10-8-9-11-13-25/h8-13,18-21,25-27,30H,6-7,14-17,22-24H2,1-5H3. The van der Waals surface area contributed by atoms with Gasteiger partial charge in [0.1, 0.15) is 0 Å². The van der Waals surface area contributed by atoms with E-state index in [4.69, 9.17) is 4.84 Å². The van der Waals surface area contributed by atoms with E-state index in [0.717, 1.165) is 37.7 Å². The average Bonchev–Trinajstić information content (AvgIpc) is 3.10. The molecule has 4 rings (SSSR count). The largest absolute Gasteiger partial charge is 0.298 e. The first-order valence-corrected chi connectivity index (χ1v) is 13.8. The maximum atomic E-state index is 6.32. The fourth-order valence-corrected chi connectivity index (χ4v) is 6.92. The number of piperidine rings is 1. The Morgan fingerprint density at radius 2 is 1.29 bits per heavy atom. The second-order valence-corrected chi connectivity index (χ2v) is 12.2. The van der Waals surface area contributed by atoms with E-state index in [0.29, 0.717) is 11.8 Å². The van der Waals surface area contributed by atoms with Gasteiger partial charge in [0, 0.05) is 11.1 Å². The van der Waals surface area contributed by atoms with E-state index in [-0.39, 0.29) is 11.1 Å². The highest BCUT2D eigenvalue weighted by Gasteiger charge is 2.46. The van der Waals surface area contributed by atoms with Crippen molar-refractivity contribution in [2.45, 2.75) is 109 Å². The summed E-state index contributed by atoms with van der Waals surface area (Å²) in [6.07, 6.45) is 23.4. The van der Waals surface area contributed by atoms with Crippen molar-refractivity contribution in [3.05, 3.63) is 71.8 Å². The van der Waals surface area contributed by atoms with Crippen LogP contribution in [0.5, 0.6) is 0 Å². The van der Waals surface area contributed by atoms with Gasteiger partial charge in [-0.05, 0) is 107 Å². The normalized spacial score (nSPS) is 27.7. The lowest BCUT2D eigenvalue weighted by molar-refractivity contribution is -0.283. The maximum absolute atomic E-state index is 6.32. The van der Waals surface area contributed by atoms with Gasteiger partial charge in [0.05, 0.1) is 6.61 Å². The van der Waals surface area contributed by atoms with Crippen molar-refractivity contribution in [1.82, 2.24) is 5.06 Å². The number of hydroxylamine groups is 2. The topological polar surface area (TPSA) is 12.5 Å². The number of rotatable bonds is 7. The summed E-state index contributed by atoms with van der Waals surface area (Å²) in [5.74, 6) is 2.73. The SMILES string of the molecule is CCCCON1C(C)(C)CC(c2ccc(C3CCC(C4C=CC=CC=C4)CC3)cc2)CC1(C)C. The van der Waals surface area contributed by atoms with Gasteiger partial charge in [0.15, 0.2) is 0 Å². The van der Waals surface area contributed by atoms with Gasteiger partial charge in [-0.2, -0.15) is 5.06 Å². The molecular formula is C32H47NO. The van der Waals surface area contributed by atoms with Crippen LogP contribution >= 0.6 is 0 Å². The molecule has 2 heteroatoms. The summed E-state index contributed by atoms with van der Waals surface area (Å²) in [6, 6.07) is 9.77. The molecule has 0 aromatic heterocycles. The molecule has 1 heterocycles. The summed E-state index contributed by atoms with van der Waals surface area (Å²) >= 11 is 0. The van der Waals surface area contributed by atoms with E-state index in [2.05, 4.69) is 100 Å². The van der Waals surface area contributed by atoms with Crippen LogP contribution in [0.25, 0.3) is 0 Å². The Kier molecular flexibility index (Phi) is 8.20. The van der Waals surface area contributed by atoms with Crippen LogP contribution < -0.4 is 0 Å². The van der Waals surface area contributed by atoms with E-state index >= 15 is 0 Å². The van der Waals surface area contributed by atoms with Gasteiger partial charge in [0.25, 0.3) is 0 Å². The molecule has 0 unspecified atom stereocenters. The summed E-state index contributed by atoms with van der Waals surface area (Å²) in [5, 5.41) is 2.31. The Balaban J connectivity index is 1.36. The van der Waals surface area contributed by atoms with Gasteiger partial charge in [-0.1, -0.05) is 74.1 Å². The monoisotopic (exact) mass is 461 g/mol. The molecule has 0 atom stereocenters. The summed E-state index contributed by atoms with van der Waals surface area (Å²) in [7, 11) is 0. The first-order chi connectivity index (χ1) is 16.3. The zero-order valence-electron chi connectivity index (χ0n) is 22.3. The molecule has 2 aliphatic carbocycles. The highest BCUT2D eigenvalue weighted by Crippen LogP contribution is 2.46. The van der Waals surface area contributed by atoms with E-state index in [1.807, 2.05) is 0 Å². The molecule has 0 N–H and O–H groups in total. The Morgan fingerprint density at radius 1 is 0.765 bits per heavy atom. The third-order valence-corrected chi connectivity index (χ3v) is 8.51. The molecule has 2 nitrogen and oxygen atoms in total. The van der Waals surface area contributed by atoms with Gasteiger partial charge in [-0.15, -0.1) is 0 Å². The lowest BCUT2D eigenvalue weighted by Gasteiger charge is -2.54. The van der Waals surface area contributed by atoms with Crippen LogP contribution in [0.1, 0.15) is 109 Å². The van der Waals surface area contributed by atoms with Crippen LogP contribution in [-0.4, -0.2) is 22.7 Å². The summed E-state index contributed by atoms with van der Waals surface area (Å²) < 4.78 is 0. The minimum Gasteiger partial charge on any atom is -0.298 e. The summed E-state index contributed by atoms with van der Waals surface area (Å²) in [6.45, 7) is 12.5. The van der Waals surface area contributed by atoms with Gasteiger partial charge in [-0.3, -0.25) is 4.84 Å². The number of hydrogen-bond donors (Lipinski definition) is 0. The minimum atomic E-state index is 0.0353. The molecular weight excluding hydrogens is 414 g/mol. The molecule has 1 aromatic rings. The van der Waals surface area contributed by atoms with Crippen molar-refractivity contribution in [1.29, 1.82) is 0 Å². The van der Waals surface area contributed by atoms with Crippen LogP contribution in [0, 0.1) is 11.8 Å². The maximum Gasteiger partial charge on any atom is 0.0685 e. The van der Waals surface area contributed by atoms with Crippen LogP contribution in [0.3, 0.4) is 0 Å². The molecule has 1 aromatic carbocycles. The van der Waals surface area contributed by atoms with Crippen molar-refractivity contribution < 1.29 is 4.84 Å². The van der Waals surface area contributed by atoms with E-state index < -0.39 is 0 Å². The number of allylic oxidation sites excluding steroid dienone is 6. The Morgan fingerprint density at radius 3 is 1.82 bits per heavy atom. The molecule has 1 saturated carbocycles. The van der Waals surface area contributed by atoms with E-state index in [1.54, 1.807) is 5.56 Å². The van der Waals surface area contributed by atoms with E-state index in [1.165, 1.54) is 37.7 Å². The fourth-order valence-electron chi connectivity index (χ4n) is 6.92. The smallest absolute Gasteiger partial charge is 0.0685 e. The van der Waals surface area contributed by atoms with Crippen molar-refractivity contribution >= 4 is 0 Å². The minimum absolute atomic E-state index is 0.0353. The predicted molar refractivity (Wildman–Crippen MR) is 145 cm³/mol.